The maximum absolute atomic E-state index is 2.53. The van der Waals surface area contributed by atoms with Gasteiger partial charge in [-0.15, -0.1) is 0 Å². The van der Waals surface area contributed by atoms with E-state index in [0.29, 0.717) is 0 Å². The molecule has 0 amide bonds. The summed E-state index contributed by atoms with van der Waals surface area (Å²) >= 11 is 0. The van der Waals surface area contributed by atoms with Crippen molar-refractivity contribution in [3.8, 4) is 0 Å². The van der Waals surface area contributed by atoms with E-state index in [1.807, 2.05) is 0 Å². The highest BCUT2D eigenvalue weighted by atomic mass is 14.3. The van der Waals surface area contributed by atoms with Crippen molar-refractivity contribution in [2.45, 2.75) is 57.8 Å². The Hall–Kier alpha value is -1.30. The van der Waals surface area contributed by atoms with Gasteiger partial charge in [0.15, 0.2) is 0 Å². The molecule has 0 bridgehead atoms. The zero-order valence-electron chi connectivity index (χ0n) is 13.3. The molecule has 0 radical (unpaired) electrons. The van der Waals surface area contributed by atoms with Crippen LogP contribution in [0.4, 0.5) is 0 Å². The van der Waals surface area contributed by atoms with Crippen LogP contribution in [0.2, 0.25) is 0 Å². The second kappa shape index (κ2) is 7.11. The summed E-state index contributed by atoms with van der Waals surface area (Å²) < 4.78 is 0. The van der Waals surface area contributed by atoms with E-state index in [1.165, 1.54) is 50.5 Å². The van der Waals surface area contributed by atoms with E-state index in [-0.39, 0.29) is 0 Å². The maximum Gasteiger partial charge on any atom is -0.0125 e. The Morgan fingerprint density at radius 1 is 0.857 bits per heavy atom. The molecule has 112 valence electrons. The SMILES string of the molecule is Cc1ccccc1C1CC=CC(C2C=CCCCC2)CC1. The largest absolute Gasteiger partial charge is 0.0882 e. The molecule has 0 spiro atoms. The van der Waals surface area contributed by atoms with Gasteiger partial charge in [0.25, 0.3) is 0 Å². The van der Waals surface area contributed by atoms with Crippen LogP contribution in [0.1, 0.15) is 62.0 Å². The minimum Gasteiger partial charge on any atom is -0.0882 e. The molecule has 1 aromatic rings. The van der Waals surface area contributed by atoms with Gasteiger partial charge in [-0.2, -0.15) is 0 Å². The Balaban J connectivity index is 1.68. The Morgan fingerprint density at radius 2 is 1.67 bits per heavy atom. The number of hydrogen-bond acceptors (Lipinski definition) is 0. The van der Waals surface area contributed by atoms with Gasteiger partial charge in [-0.05, 0) is 74.3 Å². The third-order valence-electron chi connectivity index (χ3n) is 5.37. The molecular formula is C21H28. The predicted octanol–water partition coefficient (Wildman–Crippen LogP) is 6.18. The fraction of sp³-hybridized carbons (Fsp3) is 0.524. The summed E-state index contributed by atoms with van der Waals surface area (Å²) in [5.74, 6) is 2.29. The molecule has 1 aromatic carbocycles. The molecule has 0 aromatic heterocycles. The summed E-state index contributed by atoms with van der Waals surface area (Å²) in [5, 5.41) is 0. The van der Waals surface area contributed by atoms with Gasteiger partial charge in [0.05, 0.1) is 0 Å². The number of hydrogen-bond donors (Lipinski definition) is 0. The van der Waals surface area contributed by atoms with Crippen LogP contribution in [-0.4, -0.2) is 0 Å². The van der Waals surface area contributed by atoms with Crippen molar-refractivity contribution in [2.24, 2.45) is 11.8 Å². The van der Waals surface area contributed by atoms with E-state index in [4.69, 9.17) is 0 Å². The highest BCUT2D eigenvalue weighted by molar-refractivity contribution is 5.30. The summed E-state index contributed by atoms with van der Waals surface area (Å²) in [4.78, 5) is 0. The lowest BCUT2D eigenvalue weighted by Crippen LogP contribution is -2.10. The Kier molecular flexibility index (Phi) is 4.95. The number of benzene rings is 1. The van der Waals surface area contributed by atoms with Crippen molar-refractivity contribution in [3.63, 3.8) is 0 Å². The maximum atomic E-state index is 2.53. The van der Waals surface area contributed by atoms with Crippen LogP contribution in [0, 0.1) is 18.8 Å². The highest BCUT2D eigenvalue weighted by Gasteiger charge is 2.22. The lowest BCUT2D eigenvalue weighted by molar-refractivity contribution is 0.397. The van der Waals surface area contributed by atoms with Crippen molar-refractivity contribution in [1.29, 1.82) is 0 Å². The molecule has 0 fully saturated rings. The monoisotopic (exact) mass is 280 g/mol. The average Bonchev–Trinajstić information content (AvgIpc) is 2.90. The van der Waals surface area contributed by atoms with Gasteiger partial charge < -0.3 is 0 Å². The fourth-order valence-corrected chi connectivity index (χ4v) is 4.08. The molecule has 2 aliphatic rings. The minimum atomic E-state index is 0.724. The van der Waals surface area contributed by atoms with Gasteiger partial charge in [0, 0.05) is 0 Å². The highest BCUT2D eigenvalue weighted by Crippen LogP contribution is 2.36. The van der Waals surface area contributed by atoms with Gasteiger partial charge in [-0.1, -0.05) is 55.0 Å². The zero-order valence-corrected chi connectivity index (χ0v) is 13.3. The molecular weight excluding hydrogens is 252 g/mol. The summed E-state index contributed by atoms with van der Waals surface area (Å²) in [7, 11) is 0. The lowest BCUT2D eigenvalue weighted by Gasteiger charge is -2.22. The van der Waals surface area contributed by atoms with Gasteiger partial charge in [0.1, 0.15) is 0 Å². The molecule has 0 saturated heterocycles. The van der Waals surface area contributed by atoms with E-state index in [0.717, 1.165) is 17.8 Å². The Labute approximate surface area is 130 Å². The molecule has 0 nitrogen and oxygen atoms in total. The molecule has 3 rings (SSSR count). The van der Waals surface area contributed by atoms with E-state index in [9.17, 15) is 0 Å². The number of aryl methyl sites for hydroxylation is 1. The topological polar surface area (TPSA) is 0 Å². The predicted molar refractivity (Wildman–Crippen MR) is 91.5 cm³/mol. The van der Waals surface area contributed by atoms with Gasteiger partial charge in [0.2, 0.25) is 0 Å². The van der Waals surface area contributed by atoms with Crippen LogP contribution in [0.3, 0.4) is 0 Å². The Bertz CT molecular complexity index is 509. The molecule has 0 heteroatoms. The summed E-state index contributed by atoms with van der Waals surface area (Å²) in [6.07, 6.45) is 19.3. The van der Waals surface area contributed by atoms with Crippen LogP contribution in [0.25, 0.3) is 0 Å². The first-order valence-corrected chi connectivity index (χ1v) is 8.73. The molecule has 0 aliphatic heterocycles. The van der Waals surface area contributed by atoms with E-state index >= 15 is 0 Å². The quantitative estimate of drug-likeness (QED) is 0.567. The summed E-state index contributed by atoms with van der Waals surface area (Å²) in [6.45, 7) is 2.26. The van der Waals surface area contributed by atoms with Gasteiger partial charge in [-0.3, -0.25) is 0 Å². The van der Waals surface area contributed by atoms with Crippen molar-refractivity contribution >= 4 is 0 Å². The standard InChI is InChI=1S/C21H28/c1-17-9-6-7-14-21(17)20-13-8-12-19(15-16-20)18-10-4-2-3-5-11-18/h4,6-10,12,14,18-20H,2-3,5,11,13,15-16H2,1H3. The third-order valence-corrected chi connectivity index (χ3v) is 5.37. The first-order chi connectivity index (χ1) is 10.3. The van der Waals surface area contributed by atoms with Crippen molar-refractivity contribution in [1.82, 2.24) is 0 Å². The number of rotatable bonds is 2. The fourth-order valence-electron chi connectivity index (χ4n) is 4.08. The van der Waals surface area contributed by atoms with Gasteiger partial charge >= 0.3 is 0 Å². The van der Waals surface area contributed by atoms with E-state index in [2.05, 4.69) is 55.5 Å². The van der Waals surface area contributed by atoms with Crippen molar-refractivity contribution in [2.75, 3.05) is 0 Å². The summed E-state index contributed by atoms with van der Waals surface area (Å²) in [5.41, 5.74) is 3.03. The van der Waals surface area contributed by atoms with Crippen LogP contribution in [0.5, 0.6) is 0 Å². The van der Waals surface area contributed by atoms with Crippen LogP contribution in [0.15, 0.2) is 48.6 Å². The molecule has 3 unspecified atom stereocenters. The van der Waals surface area contributed by atoms with Gasteiger partial charge in [-0.25, -0.2) is 0 Å². The average molecular weight is 280 g/mol. The second-order valence-corrected chi connectivity index (χ2v) is 6.84. The van der Waals surface area contributed by atoms with Crippen LogP contribution < -0.4 is 0 Å². The van der Waals surface area contributed by atoms with Crippen molar-refractivity contribution < 1.29 is 0 Å². The van der Waals surface area contributed by atoms with Crippen LogP contribution in [-0.2, 0) is 0 Å². The third kappa shape index (κ3) is 3.67. The molecule has 2 aliphatic carbocycles. The molecule has 3 atom stereocenters. The van der Waals surface area contributed by atoms with E-state index < -0.39 is 0 Å². The van der Waals surface area contributed by atoms with Crippen LogP contribution >= 0.6 is 0 Å². The first-order valence-electron chi connectivity index (χ1n) is 8.73. The summed E-state index contributed by atoms with van der Waals surface area (Å²) in [6, 6.07) is 8.95. The first kappa shape index (κ1) is 14.6. The molecule has 0 N–H and O–H groups in total. The second-order valence-electron chi connectivity index (χ2n) is 6.84. The minimum absolute atomic E-state index is 0.724. The molecule has 21 heavy (non-hydrogen) atoms. The van der Waals surface area contributed by atoms with Crippen molar-refractivity contribution in [3.05, 3.63) is 59.7 Å². The zero-order chi connectivity index (χ0) is 14.5. The molecule has 0 saturated carbocycles. The lowest BCUT2D eigenvalue weighted by atomic mass is 9.83. The molecule has 0 heterocycles. The smallest absolute Gasteiger partial charge is 0.0125 e. The van der Waals surface area contributed by atoms with E-state index in [1.54, 1.807) is 5.56 Å². The Morgan fingerprint density at radius 3 is 2.57 bits per heavy atom. The number of allylic oxidation sites excluding steroid dienone is 4. The normalized spacial score (nSPS) is 29.9.